The monoisotopic (exact) mass is 451 g/mol. The van der Waals surface area contributed by atoms with Gasteiger partial charge in [-0.2, -0.15) is 0 Å². The SMILES string of the molecule is C=CCn1c(=S)[nH]c2cc(C(=O)N3CCN(c4ccccc4[N+](=O)[O-])CC3)ccc2c1=O. The minimum Gasteiger partial charge on any atom is -0.362 e. The number of piperazine rings is 1. The number of nitro groups is 1. The van der Waals surface area contributed by atoms with Crippen LogP contribution in [0, 0.1) is 14.9 Å². The standard InChI is InChI=1S/C22H21N5O4S/c1-2-9-26-21(29)16-8-7-15(14-17(16)23-22(26)32)20(28)25-12-10-24(11-13-25)18-5-3-4-6-19(18)27(30)31/h2-8,14H,1,9-13H2,(H,23,32). The number of H-pyrrole nitrogens is 1. The normalized spacial score (nSPS) is 13.9. The molecule has 164 valence electrons. The van der Waals surface area contributed by atoms with Crippen LogP contribution in [-0.2, 0) is 6.54 Å². The molecule has 32 heavy (non-hydrogen) atoms. The predicted molar refractivity (Wildman–Crippen MR) is 125 cm³/mol. The van der Waals surface area contributed by atoms with E-state index in [1.54, 1.807) is 47.4 Å². The van der Waals surface area contributed by atoms with Crippen LogP contribution in [0.2, 0.25) is 0 Å². The number of aromatic amines is 1. The fourth-order valence-corrected chi connectivity index (χ4v) is 4.17. The van der Waals surface area contributed by atoms with Crippen LogP contribution in [0.25, 0.3) is 10.9 Å². The molecule has 1 aliphatic rings. The molecule has 0 bridgehead atoms. The Labute approximate surface area is 188 Å². The quantitative estimate of drug-likeness (QED) is 0.277. The van der Waals surface area contributed by atoms with Gasteiger partial charge in [0.15, 0.2) is 4.77 Å². The maximum absolute atomic E-state index is 13.1. The number of carbonyl (C=O) groups excluding carboxylic acids is 1. The van der Waals surface area contributed by atoms with Gasteiger partial charge in [-0.15, -0.1) is 6.58 Å². The van der Waals surface area contributed by atoms with Gasteiger partial charge in [0.25, 0.3) is 17.2 Å². The molecule has 4 rings (SSSR count). The van der Waals surface area contributed by atoms with Crippen molar-refractivity contribution in [1.29, 1.82) is 0 Å². The number of fused-ring (bicyclic) bond motifs is 1. The van der Waals surface area contributed by atoms with E-state index < -0.39 is 4.92 Å². The molecule has 10 heteroatoms. The third-order valence-electron chi connectivity index (χ3n) is 5.53. The van der Waals surface area contributed by atoms with Crippen LogP contribution in [0.1, 0.15) is 10.4 Å². The summed E-state index contributed by atoms with van der Waals surface area (Å²) in [7, 11) is 0. The topological polar surface area (TPSA) is 104 Å². The molecule has 2 heterocycles. The van der Waals surface area contributed by atoms with Gasteiger partial charge in [0.1, 0.15) is 5.69 Å². The molecule has 0 saturated carbocycles. The molecule has 0 unspecified atom stereocenters. The van der Waals surface area contributed by atoms with Gasteiger partial charge in [0.05, 0.1) is 15.8 Å². The van der Waals surface area contributed by atoms with Gasteiger partial charge in [-0.3, -0.25) is 24.3 Å². The van der Waals surface area contributed by atoms with Crippen LogP contribution >= 0.6 is 12.2 Å². The van der Waals surface area contributed by atoms with Gasteiger partial charge in [0, 0.05) is 44.4 Å². The maximum atomic E-state index is 13.1. The number of amides is 1. The Hall–Kier alpha value is -3.79. The van der Waals surface area contributed by atoms with Gasteiger partial charge < -0.3 is 14.8 Å². The van der Waals surface area contributed by atoms with Crippen molar-refractivity contribution in [2.24, 2.45) is 0 Å². The van der Waals surface area contributed by atoms with Gasteiger partial charge in [0.2, 0.25) is 0 Å². The van der Waals surface area contributed by atoms with Crippen LogP contribution in [-0.4, -0.2) is 51.5 Å². The highest BCUT2D eigenvalue weighted by Gasteiger charge is 2.26. The van der Waals surface area contributed by atoms with Crippen LogP contribution in [0.15, 0.2) is 59.9 Å². The summed E-state index contributed by atoms with van der Waals surface area (Å²) in [5, 5.41) is 11.8. The van der Waals surface area contributed by atoms with Crippen LogP contribution < -0.4 is 10.5 Å². The highest BCUT2D eigenvalue weighted by atomic mass is 32.1. The molecule has 2 aromatic carbocycles. The number of para-hydroxylation sites is 2. The number of carbonyl (C=O) groups is 1. The Morgan fingerprint density at radius 1 is 1.19 bits per heavy atom. The van der Waals surface area contributed by atoms with Gasteiger partial charge in [-0.25, -0.2) is 0 Å². The van der Waals surface area contributed by atoms with Gasteiger partial charge >= 0.3 is 0 Å². The van der Waals surface area contributed by atoms with E-state index >= 15 is 0 Å². The van der Waals surface area contributed by atoms with Crippen molar-refractivity contribution in [1.82, 2.24) is 14.5 Å². The van der Waals surface area contributed by atoms with Crippen molar-refractivity contribution in [2.75, 3.05) is 31.1 Å². The van der Waals surface area contributed by atoms with E-state index in [1.807, 2.05) is 4.90 Å². The molecule has 0 radical (unpaired) electrons. The Balaban J connectivity index is 1.54. The summed E-state index contributed by atoms with van der Waals surface area (Å²) < 4.78 is 1.68. The molecule has 0 spiro atoms. The number of anilines is 1. The first kappa shape index (κ1) is 21.4. The first-order valence-electron chi connectivity index (χ1n) is 10.1. The summed E-state index contributed by atoms with van der Waals surface area (Å²) in [4.78, 5) is 43.3. The Morgan fingerprint density at radius 2 is 1.91 bits per heavy atom. The largest absolute Gasteiger partial charge is 0.362 e. The van der Waals surface area contributed by atoms with E-state index in [0.29, 0.717) is 54.9 Å². The molecule has 1 aliphatic heterocycles. The highest BCUT2D eigenvalue weighted by Crippen LogP contribution is 2.28. The average molecular weight is 452 g/mol. The molecule has 0 atom stereocenters. The lowest BCUT2D eigenvalue weighted by molar-refractivity contribution is -0.384. The minimum absolute atomic E-state index is 0.0548. The summed E-state index contributed by atoms with van der Waals surface area (Å²) in [5.74, 6) is -0.163. The van der Waals surface area contributed by atoms with Crippen molar-refractivity contribution >= 4 is 40.4 Å². The lowest BCUT2D eigenvalue weighted by Crippen LogP contribution is -2.49. The highest BCUT2D eigenvalue weighted by molar-refractivity contribution is 7.71. The smallest absolute Gasteiger partial charge is 0.292 e. The van der Waals surface area contributed by atoms with Crippen molar-refractivity contribution in [3.8, 4) is 0 Å². The average Bonchev–Trinajstić information content (AvgIpc) is 2.81. The van der Waals surface area contributed by atoms with E-state index in [1.165, 1.54) is 10.6 Å². The van der Waals surface area contributed by atoms with E-state index in [2.05, 4.69) is 11.6 Å². The molecule has 0 aliphatic carbocycles. The Morgan fingerprint density at radius 3 is 2.59 bits per heavy atom. The molecule has 9 nitrogen and oxygen atoms in total. The third-order valence-corrected chi connectivity index (χ3v) is 5.85. The fourth-order valence-electron chi connectivity index (χ4n) is 3.90. The molecule has 1 N–H and O–H groups in total. The van der Waals surface area contributed by atoms with E-state index in [0.717, 1.165) is 0 Å². The Kier molecular flexibility index (Phi) is 5.87. The summed E-state index contributed by atoms with van der Waals surface area (Å²) in [6, 6.07) is 11.5. The number of rotatable bonds is 5. The molecular formula is C22H21N5O4S. The number of nitro benzene ring substituents is 1. The van der Waals surface area contributed by atoms with Crippen LogP contribution in [0.5, 0.6) is 0 Å². The predicted octanol–water partition coefficient (Wildman–Crippen LogP) is 3.12. The summed E-state index contributed by atoms with van der Waals surface area (Å²) in [6.45, 7) is 5.77. The maximum Gasteiger partial charge on any atom is 0.292 e. The number of hydrogen-bond donors (Lipinski definition) is 1. The Bertz CT molecular complexity index is 1340. The fraction of sp³-hybridized carbons (Fsp3) is 0.227. The number of nitrogens with zero attached hydrogens (tertiary/aromatic N) is 4. The molecule has 1 amide bonds. The minimum atomic E-state index is -0.394. The third kappa shape index (κ3) is 3.92. The van der Waals surface area contributed by atoms with Gasteiger partial charge in [-0.05, 0) is 36.5 Å². The summed E-state index contributed by atoms with van der Waals surface area (Å²) in [6.07, 6.45) is 1.60. The molecule has 1 aromatic heterocycles. The number of hydrogen-bond acceptors (Lipinski definition) is 6. The van der Waals surface area contributed by atoms with E-state index in [9.17, 15) is 19.7 Å². The zero-order valence-corrected chi connectivity index (χ0v) is 18.0. The molecule has 3 aromatic rings. The number of allylic oxidation sites excluding steroid dienone is 1. The number of nitrogens with one attached hydrogen (secondary N) is 1. The number of aromatic nitrogens is 2. The molecule has 1 fully saturated rings. The second-order valence-electron chi connectivity index (χ2n) is 7.42. The molecule has 1 saturated heterocycles. The van der Waals surface area contributed by atoms with Crippen molar-refractivity contribution in [3.05, 3.63) is 85.9 Å². The first-order chi connectivity index (χ1) is 15.4. The van der Waals surface area contributed by atoms with Crippen LogP contribution in [0.3, 0.4) is 0 Å². The van der Waals surface area contributed by atoms with E-state index in [-0.39, 0.29) is 21.9 Å². The lowest BCUT2D eigenvalue weighted by Gasteiger charge is -2.35. The van der Waals surface area contributed by atoms with Crippen molar-refractivity contribution in [3.63, 3.8) is 0 Å². The zero-order valence-electron chi connectivity index (χ0n) is 17.2. The zero-order chi connectivity index (χ0) is 22.8. The van der Waals surface area contributed by atoms with E-state index in [4.69, 9.17) is 12.2 Å². The molecular weight excluding hydrogens is 430 g/mol. The summed E-state index contributed by atoms with van der Waals surface area (Å²) in [5.41, 5.74) is 1.33. The second-order valence-corrected chi connectivity index (χ2v) is 7.81. The van der Waals surface area contributed by atoms with Crippen molar-refractivity contribution in [2.45, 2.75) is 6.54 Å². The van der Waals surface area contributed by atoms with Crippen LogP contribution in [0.4, 0.5) is 11.4 Å². The van der Waals surface area contributed by atoms with Crippen molar-refractivity contribution < 1.29 is 9.72 Å². The summed E-state index contributed by atoms with van der Waals surface area (Å²) >= 11 is 5.27. The second kappa shape index (κ2) is 8.75. The first-order valence-corrected chi connectivity index (χ1v) is 10.5. The lowest BCUT2D eigenvalue weighted by atomic mass is 10.1. The van der Waals surface area contributed by atoms with Gasteiger partial charge in [-0.1, -0.05) is 18.2 Å². The number of benzene rings is 2.